The molecule has 0 bridgehead atoms. The maximum atomic E-state index is 14.8. The Balaban J connectivity index is 1.44. The van der Waals surface area contributed by atoms with Gasteiger partial charge in [0.25, 0.3) is 5.91 Å². The lowest BCUT2D eigenvalue weighted by Crippen LogP contribution is -2.51. The molecule has 4 aromatic rings. The molecular formula is C33H37IN4O4Si. The Morgan fingerprint density at radius 1 is 1.09 bits per heavy atom. The molecule has 1 saturated heterocycles. The Morgan fingerprint density at radius 3 is 2.53 bits per heavy atom. The van der Waals surface area contributed by atoms with E-state index >= 15 is 0 Å². The SMILES string of the molecule is COc1ccc([Si](C)(C)[C@H]2[C@H](CCn3cc(CCO)nn3)O[C@@]3(C(=O)N(c4ccccc4)c4ccc(I)cc43)[C@@H]2C)cc1. The summed E-state index contributed by atoms with van der Waals surface area (Å²) in [6.45, 7) is 7.64. The summed E-state index contributed by atoms with van der Waals surface area (Å²) in [4.78, 5) is 16.7. The van der Waals surface area contributed by atoms with Crippen LogP contribution in [0.3, 0.4) is 0 Å². The van der Waals surface area contributed by atoms with Gasteiger partial charge in [-0.25, -0.2) is 0 Å². The molecule has 1 spiro atoms. The first kappa shape index (κ1) is 30.0. The predicted octanol–water partition coefficient (Wildman–Crippen LogP) is 5.41. The third-order valence-corrected chi connectivity index (χ3v) is 14.3. The van der Waals surface area contributed by atoms with Crippen molar-refractivity contribution in [2.45, 2.75) is 56.7 Å². The number of aliphatic hydroxyl groups excluding tert-OH is 1. The number of halogens is 1. The zero-order valence-corrected chi connectivity index (χ0v) is 28.1. The summed E-state index contributed by atoms with van der Waals surface area (Å²) in [5.41, 5.74) is 2.45. The van der Waals surface area contributed by atoms with E-state index in [9.17, 15) is 9.90 Å². The third-order valence-electron chi connectivity index (χ3n) is 9.32. The van der Waals surface area contributed by atoms with Gasteiger partial charge in [0.15, 0.2) is 5.60 Å². The second-order valence-corrected chi connectivity index (χ2v) is 18.0. The van der Waals surface area contributed by atoms with Gasteiger partial charge >= 0.3 is 0 Å². The van der Waals surface area contributed by atoms with E-state index in [1.807, 2.05) is 58.2 Å². The molecule has 0 aliphatic carbocycles. The second kappa shape index (κ2) is 11.8. The number of fused-ring (bicyclic) bond motifs is 2. The van der Waals surface area contributed by atoms with Crippen molar-refractivity contribution >= 4 is 53.1 Å². The maximum Gasteiger partial charge on any atom is 0.268 e. The van der Waals surface area contributed by atoms with E-state index < -0.39 is 13.7 Å². The van der Waals surface area contributed by atoms with Gasteiger partial charge in [0.1, 0.15) is 5.75 Å². The largest absolute Gasteiger partial charge is 0.497 e. The molecule has 6 rings (SSSR count). The first-order valence-corrected chi connectivity index (χ1v) is 18.9. The van der Waals surface area contributed by atoms with Gasteiger partial charge < -0.3 is 14.6 Å². The number of aliphatic hydroxyl groups is 1. The molecule has 1 amide bonds. The highest BCUT2D eigenvalue weighted by Gasteiger charge is 2.66. The van der Waals surface area contributed by atoms with Crippen molar-refractivity contribution in [2.75, 3.05) is 18.6 Å². The Bertz CT molecular complexity index is 1610. The Kier molecular flexibility index (Phi) is 8.22. The summed E-state index contributed by atoms with van der Waals surface area (Å²) < 4.78 is 15.6. The molecule has 43 heavy (non-hydrogen) atoms. The highest BCUT2D eigenvalue weighted by molar-refractivity contribution is 14.1. The molecule has 0 saturated carbocycles. The van der Waals surface area contributed by atoms with Gasteiger partial charge in [0, 0.05) is 46.5 Å². The van der Waals surface area contributed by atoms with Crippen LogP contribution in [0.5, 0.6) is 5.75 Å². The molecule has 1 aromatic heterocycles. The van der Waals surface area contributed by atoms with Crippen LogP contribution in [0, 0.1) is 9.49 Å². The Hall–Kier alpha value is -3.06. The van der Waals surface area contributed by atoms with Crippen LogP contribution in [-0.4, -0.2) is 53.9 Å². The Labute approximate surface area is 267 Å². The van der Waals surface area contributed by atoms with Crippen molar-refractivity contribution < 1.29 is 19.4 Å². The number of methoxy groups -OCH3 is 1. The number of nitrogens with zero attached hydrogens (tertiary/aromatic N) is 4. The van der Waals surface area contributed by atoms with Crippen LogP contribution in [-0.2, 0) is 28.1 Å². The lowest BCUT2D eigenvalue weighted by atomic mass is 9.82. The van der Waals surface area contributed by atoms with Crippen LogP contribution in [0.1, 0.15) is 24.6 Å². The molecule has 10 heteroatoms. The number of benzene rings is 3. The normalized spacial score (nSPS) is 23.3. The highest BCUT2D eigenvalue weighted by atomic mass is 127. The number of ether oxygens (including phenoxy) is 2. The van der Waals surface area contributed by atoms with E-state index in [0.717, 1.165) is 32.0 Å². The minimum absolute atomic E-state index is 0.0266. The summed E-state index contributed by atoms with van der Waals surface area (Å²) in [5, 5.41) is 19.2. The van der Waals surface area contributed by atoms with Crippen molar-refractivity contribution in [1.29, 1.82) is 0 Å². The topological polar surface area (TPSA) is 89.7 Å². The van der Waals surface area contributed by atoms with Crippen molar-refractivity contribution in [2.24, 2.45) is 5.92 Å². The molecule has 3 heterocycles. The van der Waals surface area contributed by atoms with Gasteiger partial charge in [-0.05, 0) is 77.0 Å². The van der Waals surface area contributed by atoms with Crippen LogP contribution in [0.25, 0.3) is 0 Å². The zero-order chi connectivity index (χ0) is 30.4. The summed E-state index contributed by atoms with van der Waals surface area (Å²) in [6, 6.07) is 24.5. The number of para-hydroxylation sites is 1. The molecule has 3 aromatic carbocycles. The van der Waals surface area contributed by atoms with E-state index in [4.69, 9.17) is 9.47 Å². The molecule has 8 nitrogen and oxygen atoms in total. The smallest absolute Gasteiger partial charge is 0.268 e. The Morgan fingerprint density at radius 2 is 1.84 bits per heavy atom. The van der Waals surface area contributed by atoms with Gasteiger partial charge in [-0.3, -0.25) is 14.4 Å². The summed E-state index contributed by atoms with van der Waals surface area (Å²) in [7, 11) is -0.561. The van der Waals surface area contributed by atoms with E-state index in [0.29, 0.717) is 19.4 Å². The number of amides is 1. The minimum Gasteiger partial charge on any atom is -0.497 e. The molecule has 1 fully saturated rings. The van der Waals surface area contributed by atoms with Crippen molar-refractivity contribution in [3.8, 4) is 5.75 Å². The molecule has 1 N–H and O–H groups in total. The van der Waals surface area contributed by atoms with Crippen molar-refractivity contribution in [1.82, 2.24) is 15.0 Å². The van der Waals surface area contributed by atoms with Gasteiger partial charge in [-0.1, -0.05) is 60.7 Å². The molecular weight excluding hydrogens is 671 g/mol. The zero-order valence-electron chi connectivity index (χ0n) is 24.9. The average molecular weight is 709 g/mol. The quantitative estimate of drug-likeness (QED) is 0.185. The molecule has 224 valence electrons. The van der Waals surface area contributed by atoms with Crippen LogP contribution in [0.4, 0.5) is 11.4 Å². The molecule has 4 atom stereocenters. The number of anilines is 2. The van der Waals surface area contributed by atoms with Gasteiger partial charge in [0.2, 0.25) is 0 Å². The third kappa shape index (κ3) is 5.11. The molecule has 0 unspecified atom stereocenters. The van der Waals surface area contributed by atoms with E-state index in [1.165, 1.54) is 5.19 Å². The lowest BCUT2D eigenvalue weighted by molar-refractivity contribution is -0.145. The van der Waals surface area contributed by atoms with E-state index in [2.05, 4.69) is 83.3 Å². The predicted molar refractivity (Wildman–Crippen MR) is 178 cm³/mol. The minimum atomic E-state index is -2.24. The first-order valence-electron chi connectivity index (χ1n) is 14.7. The first-order chi connectivity index (χ1) is 20.7. The lowest BCUT2D eigenvalue weighted by Gasteiger charge is -2.37. The fraction of sp³-hybridized carbons (Fsp3) is 0.364. The number of hydrogen-bond acceptors (Lipinski definition) is 6. The number of carbonyl (C=O) groups is 1. The highest BCUT2D eigenvalue weighted by Crippen LogP contribution is 2.61. The van der Waals surface area contributed by atoms with Crippen LogP contribution >= 0.6 is 22.6 Å². The van der Waals surface area contributed by atoms with Crippen LogP contribution in [0.15, 0.2) is 79.0 Å². The maximum absolute atomic E-state index is 14.8. The molecule has 2 aliphatic heterocycles. The standard InChI is InChI=1S/C33H37IN4O4Si/c1-22-31(43(3,4)27-13-11-26(41-2)12-14-27)30(16-18-37-21-24(17-19-39)35-36-37)42-33(22)28-20-23(34)10-15-29(28)38(32(33)40)25-8-6-5-7-9-25/h5-15,20-22,30-31,39H,16-19H2,1-4H3/t22-,30+,31-,33+/m1/s1. The molecule has 0 radical (unpaired) electrons. The number of carbonyl (C=O) groups excluding carboxylic acids is 1. The summed E-state index contributed by atoms with van der Waals surface area (Å²) in [5.74, 6) is 0.719. The number of hydrogen-bond donors (Lipinski definition) is 1. The van der Waals surface area contributed by atoms with E-state index in [1.54, 1.807) is 7.11 Å². The van der Waals surface area contributed by atoms with Crippen LogP contribution in [0.2, 0.25) is 18.6 Å². The number of aryl methyl sites for hydroxylation is 1. The monoisotopic (exact) mass is 708 g/mol. The average Bonchev–Trinajstić information content (AvgIpc) is 3.66. The molecule has 2 aliphatic rings. The number of aromatic nitrogens is 3. The number of rotatable bonds is 9. The summed E-state index contributed by atoms with van der Waals surface area (Å²) >= 11 is 2.33. The van der Waals surface area contributed by atoms with Crippen LogP contribution < -0.4 is 14.8 Å². The fourth-order valence-electron chi connectivity index (χ4n) is 7.25. The van der Waals surface area contributed by atoms with Gasteiger partial charge in [-0.2, -0.15) is 0 Å². The van der Waals surface area contributed by atoms with Gasteiger partial charge in [0.05, 0.1) is 32.7 Å². The van der Waals surface area contributed by atoms with E-state index in [-0.39, 0.29) is 30.1 Å². The fourth-order valence-corrected chi connectivity index (χ4v) is 11.8. The van der Waals surface area contributed by atoms with Crippen molar-refractivity contribution in [3.05, 3.63) is 93.8 Å². The van der Waals surface area contributed by atoms with Crippen molar-refractivity contribution in [3.63, 3.8) is 0 Å². The van der Waals surface area contributed by atoms with Gasteiger partial charge in [-0.15, -0.1) is 5.10 Å². The second-order valence-electron chi connectivity index (χ2n) is 12.0. The summed E-state index contributed by atoms with van der Waals surface area (Å²) in [6.07, 6.45) is 2.86.